The molecule has 0 atom stereocenters. The normalized spacial score (nSPS) is 14.7. The van der Waals surface area contributed by atoms with Gasteiger partial charge >= 0.3 is 0 Å². The lowest BCUT2D eigenvalue weighted by atomic mass is 9.82. The molecule has 0 nitrogen and oxygen atoms in total. The van der Waals surface area contributed by atoms with Crippen LogP contribution in [0.2, 0.25) is 0 Å². The zero-order valence-electron chi connectivity index (χ0n) is 18.1. The van der Waals surface area contributed by atoms with Crippen LogP contribution in [0.3, 0.4) is 0 Å². The van der Waals surface area contributed by atoms with E-state index in [4.69, 9.17) is 0 Å². The van der Waals surface area contributed by atoms with E-state index in [0.717, 1.165) is 0 Å². The second kappa shape index (κ2) is 6.37. The zero-order chi connectivity index (χ0) is 21.4. The molecule has 0 saturated carbocycles. The number of benzene rings is 5. The molecule has 32 heavy (non-hydrogen) atoms. The lowest BCUT2D eigenvalue weighted by Crippen LogP contribution is -2.14. The van der Waals surface area contributed by atoms with Gasteiger partial charge in [0.05, 0.1) is 0 Å². The summed E-state index contributed by atoms with van der Waals surface area (Å²) in [6, 6.07) is 36.1. The van der Waals surface area contributed by atoms with E-state index >= 15 is 0 Å². The average molecular weight is 427 g/mol. The van der Waals surface area contributed by atoms with E-state index in [2.05, 4.69) is 111 Å². The van der Waals surface area contributed by atoms with Crippen molar-refractivity contribution in [3.8, 4) is 33.4 Å². The van der Waals surface area contributed by atoms with Gasteiger partial charge in [0.25, 0.3) is 0 Å². The van der Waals surface area contributed by atoms with E-state index in [1.807, 2.05) is 11.8 Å². The highest BCUT2D eigenvalue weighted by Crippen LogP contribution is 2.53. The summed E-state index contributed by atoms with van der Waals surface area (Å²) >= 11 is 1.90. The standard InChI is InChI=1S/C31H22S/c1-31(2)25-13-4-3-10-24(25)30-21(11-7-14-26(30)31)20-16-17-22-23-12-5-8-19-9-6-15-27(29(19)23)32-28(22)18-20/h3-18H,1-2H3. The monoisotopic (exact) mass is 426 g/mol. The molecular weight excluding hydrogens is 404 g/mol. The Morgan fingerprint density at radius 1 is 0.562 bits per heavy atom. The molecule has 2 aliphatic rings. The highest BCUT2D eigenvalue weighted by molar-refractivity contribution is 7.99. The Bertz CT molecular complexity index is 1570. The average Bonchev–Trinajstić information content (AvgIpc) is 3.06. The molecule has 5 aromatic rings. The van der Waals surface area contributed by atoms with E-state index in [1.54, 1.807) is 0 Å². The van der Waals surface area contributed by atoms with E-state index in [9.17, 15) is 0 Å². The van der Waals surface area contributed by atoms with Gasteiger partial charge in [-0.2, -0.15) is 0 Å². The number of fused-ring (bicyclic) bond motifs is 5. The third-order valence-corrected chi connectivity index (χ3v) is 8.39. The first-order valence-electron chi connectivity index (χ1n) is 11.2. The van der Waals surface area contributed by atoms with Crippen molar-refractivity contribution in [1.29, 1.82) is 0 Å². The van der Waals surface area contributed by atoms with Crippen molar-refractivity contribution in [3.05, 3.63) is 108 Å². The van der Waals surface area contributed by atoms with Gasteiger partial charge in [0.1, 0.15) is 0 Å². The van der Waals surface area contributed by atoms with Gasteiger partial charge in [0.15, 0.2) is 0 Å². The molecule has 0 radical (unpaired) electrons. The Balaban J connectivity index is 1.46. The topological polar surface area (TPSA) is 0 Å². The van der Waals surface area contributed by atoms with Crippen LogP contribution in [0.1, 0.15) is 25.0 Å². The largest absolute Gasteiger partial charge is 0.0888 e. The maximum atomic E-state index is 2.40. The number of hydrogen-bond acceptors (Lipinski definition) is 1. The second-order valence-electron chi connectivity index (χ2n) is 9.37. The summed E-state index contributed by atoms with van der Waals surface area (Å²) in [4.78, 5) is 2.70. The maximum absolute atomic E-state index is 2.40. The third kappa shape index (κ3) is 2.35. The summed E-state index contributed by atoms with van der Waals surface area (Å²) in [5, 5.41) is 2.71. The fraction of sp³-hybridized carbons (Fsp3) is 0.0968. The summed E-state index contributed by atoms with van der Waals surface area (Å²) in [5.74, 6) is 0. The SMILES string of the molecule is CC1(C)c2ccccc2-c2c(-c3ccc4c(c3)Sc3cccc5cccc-4c35)cccc21. The first-order chi connectivity index (χ1) is 15.6. The molecule has 0 unspecified atom stereocenters. The van der Waals surface area contributed by atoms with Crippen LogP contribution in [-0.2, 0) is 5.41 Å². The van der Waals surface area contributed by atoms with E-state index < -0.39 is 0 Å². The maximum Gasteiger partial charge on any atom is 0.0207 e. The fourth-order valence-electron chi connectivity index (χ4n) is 5.73. The lowest BCUT2D eigenvalue weighted by Gasteiger charge is -2.22. The Labute approximate surface area is 192 Å². The molecule has 1 heterocycles. The minimum absolute atomic E-state index is 0.0273. The molecule has 7 rings (SSSR count). The van der Waals surface area contributed by atoms with Crippen LogP contribution in [0.15, 0.2) is 107 Å². The molecule has 1 aliphatic carbocycles. The highest BCUT2D eigenvalue weighted by Gasteiger charge is 2.36. The van der Waals surface area contributed by atoms with Crippen molar-refractivity contribution in [2.75, 3.05) is 0 Å². The smallest absolute Gasteiger partial charge is 0.0207 e. The van der Waals surface area contributed by atoms with Crippen molar-refractivity contribution in [2.24, 2.45) is 0 Å². The second-order valence-corrected chi connectivity index (χ2v) is 10.5. The molecule has 0 aromatic heterocycles. The molecule has 0 bridgehead atoms. The summed E-state index contributed by atoms with van der Waals surface area (Å²) in [7, 11) is 0. The van der Waals surface area contributed by atoms with Crippen molar-refractivity contribution in [2.45, 2.75) is 29.1 Å². The van der Waals surface area contributed by atoms with Gasteiger partial charge in [0, 0.05) is 20.6 Å². The first-order valence-corrected chi connectivity index (χ1v) is 12.0. The minimum atomic E-state index is 0.0273. The molecule has 1 heteroatoms. The number of rotatable bonds is 1. The van der Waals surface area contributed by atoms with Gasteiger partial charge in [0.2, 0.25) is 0 Å². The van der Waals surface area contributed by atoms with Crippen LogP contribution < -0.4 is 0 Å². The molecule has 0 N–H and O–H groups in total. The van der Waals surface area contributed by atoms with Gasteiger partial charge in [-0.3, -0.25) is 0 Å². The van der Waals surface area contributed by atoms with Crippen LogP contribution in [0, 0.1) is 0 Å². The third-order valence-electron chi connectivity index (χ3n) is 7.28. The van der Waals surface area contributed by atoms with Gasteiger partial charge in [-0.05, 0) is 62.0 Å². The van der Waals surface area contributed by atoms with Crippen LogP contribution in [-0.4, -0.2) is 0 Å². The fourth-order valence-corrected chi connectivity index (χ4v) is 6.91. The van der Waals surface area contributed by atoms with Gasteiger partial charge < -0.3 is 0 Å². The Kier molecular flexibility index (Phi) is 3.64. The molecule has 0 saturated heterocycles. The Morgan fingerprint density at radius 2 is 1.28 bits per heavy atom. The van der Waals surface area contributed by atoms with Gasteiger partial charge in [-0.15, -0.1) is 0 Å². The van der Waals surface area contributed by atoms with E-state index in [0.29, 0.717) is 0 Å². The molecule has 5 aromatic carbocycles. The highest BCUT2D eigenvalue weighted by atomic mass is 32.2. The molecule has 0 spiro atoms. The van der Waals surface area contributed by atoms with Crippen molar-refractivity contribution >= 4 is 22.5 Å². The molecule has 0 amide bonds. The summed E-state index contributed by atoms with van der Waals surface area (Å²) in [5.41, 5.74) is 11.0. The lowest BCUT2D eigenvalue weighted by molar-refractivity contribution is 0.660. The van der Waals surface area contributed by atoms with E-state index in [-0.39, 0.29) is 5.41 Å². The minimum Gasteiger partial charge on any atom is -0.0888 e. The summed E-state index contributed by atoms with van der Waals surface area (Å²) < 4.78 is 0. The number of hydrogen-bond donors (Lipinski definition) is 0. The van der Waals surface area contributed by atoms with Crippen molar-refractivity contribution < 1.29 is 0 Å². The quantitative estimate of drug-likeness (QED) is 0.253. The zero-order valence-corrected chi connectivity index (χ0v) is 19.0. The molecule has 152 valence electrons. The first kappa shape index (κ1) is 18.3. The van der Waals surface area contributed by atoms with Gasteiger partial charge in [-0.25, -0.2) is 0 Å². The van der Waals surface area contributed by atoms with Crippen LogP contribution in [0.4, 0.5) is 0 Å². The van der Waals surface area contributed by atoms with Crippen molar-refractivity contribution in [1.82, 2.24) is 0 Å². The predicted molar refractivity (Wildman–Crippen MR) is 137 cm³/mol. The van der Waals surface area contributed by atoms with Crippen LogP contribution in [0.25, 0.3) is 44.2 Å². The predicted octanol–water partition coefficient (Wildman–Crippen LogP) is 8.94. The molecular formula is C31H22S. The van der Waals surface area contributed by atoms with Crippen LogP contribution in [0.5, 0.6) is 0 Å². The molecule has 0 fully saturated rings. The van der Waals surface area contributed by atoms with Crippen molar-refractivity contribution in [3.63, 3.8) is 0 Å². The van der Waals surface area contributed by atoms with Gasteiger partial charge in [-0.1, -0.05) is 111 Å². The van der Waals surface area contributed by atoms with Crippen LogP contribution >= 0.6 is 11.8 Å². The molecule has 1 aliphatic heterocycles. The Hall–Kier alpha value is -3.29. The summed E-state index contributed by atoms with van der Waals surface area (Å²) in [6.07, 6.45) is 0. The van der Waals surface area contributed by atoms with E-state index in [1.165, 1.54) is 65.1 Å². The Morgan fingerprint density at radius 3 is 2.19 bits per heavy atom. The summed E-state index contributed by atoms with van der Waals surface area (Å²) in [6.45, 7) is 4.70.